The van der Waals surface area contributed by atoms with Gasteiger partial charge < -0.3 is 5.53 Å². The van der Waals surface area contributed by atoms with Gasteiger partial charge in [-0.15, -0.1) is 23.7 Å². The van der Waals surface area contributed by atoms with Gasteiger partial charge in [-0.3, -0.25) is 0 Å². The highest BCUT2D eigenvalue weighted by molar-refractivity contribution is 5.83. The molecule has 0 bridgehead atoms. The second-order valence-electron chi connectivity index (χ2n) is 13.9. The first kappa shape index (κ1) is 40.1. The highest BCUT2D eigenvalue weighted by atomic mass is 15.2. The van der Waals surface area contributed by atoms with E-state index in [1.165, 1.54) is 104 Å². The highest BCUT2D eigenvalue weighted by Crippen LogP contribution is 2.46. The molecule has 3 rings (SSSR count). The van der Waals surface area contributed by atoms with Gasteiger partial charge in [0, 0.05) is 48.0 Å². The van der Waals surface area contributed by atoms with E-state index in [9.17, 15) is 5.53 Å². The summed E-state index contributed by atoms with van der Waals surface area (Å²) in [5.74, 6) is 13.6. The zero-order valence-electron chi connectivity index (χ0n) is 31.8. The summed E-state index contributed by atoms with van der Waals surface area (Å²) < 4.78 is 1.61. The number of rotatable bonds is 23. The van der Waals surface area contributed by atoms with Crippen LogP contribution in [-0.2, 0) is 12.8 Å². The summed E-state index contributed by atoms with van der Waals surface area (Å²) in [6.45, 7) is 9.05. The summed E-state index contributed by atoms with van der Waals surface area (Å²) in [5, 5.41) is 0. The van der Waals surface area contributed by atoms with E-state index in [1.54, 1.807) is 4.70 Å². The van der Waals surface area contributed by atoms with Crippen LogP contribution >= 0.6 is 0 Å². The van der Waals surface area contributed by atoms with Gasteiger partial charge in [0.1, 0.15) is 0 Å². The lowest BCUT2D eigenvalue weighted by Crippen LogP contribution is -2.07. The summed E-state index contributed by atoms with van der Waals surface area (Å²) in [5.41, 5.74) is 22.2. The van der Waals surface area contributed by atoms with Crippen molar-refractivity contribution in [2.24, 2.45) is 0 Å². The van der Waals surface area contributed by atoms with Gasteiger partial charge in [0.25, 0.3) is 0 Å². The van der Waals surface area contributed by atoms with Crippen molar-refractivity contribution in [1.29, 1.82) is 0 Å². The molecule has 0 aromatic heterocycles. The number of aryl methyl sites for hydroxylation is 2. The lowest BCUT2D eigenvalue weighted by molar-refractivity contribution is -0.345. The molecule has 0 atom stereocenters. The summed E-state index contributed by atoms with van der Waals surface area (Å²) in [6.07, 6.45) is 25.7. The van der Waals surface area contributed by atoms with Gasteiger partial charge in [-0.2, -0.15) is 0 Å². The SMILES string of the molecule is CCCCCC#CCCCc1ccccc1C1=C(CCCCC)C(CCCCCC)=C(c2ccccc2CCCC#CCCCCC)[N+]1=[N-]. The van der Waals surface area contributed by atoms with Gasteiger partial charge in [-0.1, -0.05) is 122 Å². The van der Waals surface area contributed by atoms with Crippen molar-refractivity contribution in [3.63, 3.8) is 0 Å². The molecule has 2 nitrogen and oxygen atoms in total. The fraction of sp³-hybridized carbons (Fsp3) is 0.574. The van der Waals surface area contributed by atoms with Crippen molar-refractivity contribution in [1.82, 2.24) is 0 Å². The maximum absolute atomic E-state index is 12.4. The Hall–Kier alpha value is -3.36. The van der Waals surface area contributed by atoms with Crippen LogP contribution in [0.25, 0.3) is 16.9 Å². The molecule has 0 spiro atoms. The van der Waals surface area contributed by atoms with E-state index in [0.717, 1.165) is 88.4 Å². The molecule has 1 heterocycles. The molecule has 1 aliphatic heterocycles. The third-order valence-corrected chi connectivity index (χ3v) is 9.77. The number of unbranched alkanes of at least 4 members (excludes halogenated alkanes) is 13. The molecule has 0 radical (unpaired) electrons. The summed E-state index contributed by atoms with van der Waals surface area (Å²) in [7, 11) is 0. The summed E-state index contributed by atoms with van der Waals surface area (Å²) >= 11 is 0. The van der Waals surface area contributed by atoms with Gasteiger partial charge in [0.05, 0.1) is 0 Å². The zero-order valence-corrected chi connectivity index (χ0v) is 31.8. The van der Waals surface area contributed by atoms with Gasteiger partial charge >= 0.3 is 0 Å². The lowest BCUT2D eigenvalue weighted by Gasteiger charge is -2.15. The van der Waals surface area contributed by atoms with E-state index < -0.39 is 0 Å². The number of hydrogen-bond acceptors (Lipinski definition) is 0. The van der Waals surface area contributed by atoms with Crippen LogP contribution in [0, 0.1) is 23.7 Å². The van der Waals surface area contributed by atoms with Crippen LogP contribution in [0.4, 0.5) is 0 Å². The van der Waals surface area contributed by atoms with E-state index in [-0.39, 0.29) is 0 Å². The van der Waals surface area contributed by atoms with Gasteiger partial charge in [-0.25, -0.2) is 4.70 Å². The molecule has 0 saturated carbocycles. The Kier molecular flexibility index (Phi) is 20.2. The van der Waals surface area contributed by atoms with Crippen LogP contribution < -0.4 is 0 Å². The monoisotopic (exact) mass is 659 g/mol. The largest absolute Gasteiger partial charge is 0.493 e. The molecule has 2 aromatic rings. The number of benzene rings is 2. The molecular formula is C47H66N2. The van der Waals surface area contributed by atoms with Crippen molar-refractivity contribution in [3.8, 4) is 23.7 Å². The molecule has 0 unspecified atom stereocenters. The Morgan fingerprint density at radius 2 is 0.796 bits per heavy atom. The third kappa shape index (κ3) is 13.5. The topological polar surface area (TPSA) is 25.3 Å². The Balaban J connectivity index is 1.96. The Morgan fingerprint density at radius 1 is 0.429 bits per heavy atom. The van der Waals surface area contributed by atoms with E-state index >= 15 is 0 Å². The average molecular weight is 659 g/mol. The van der Waals surface area contributed by atoms with Gasteiger partial charge in [-0.05, 0) is 87.5 Å². The second-order valence-corrected chi connectivity index (χ2v) is 13.9. The molecule has 0 fully saturated rings. The van der Waals surface area contributed by atoms with E-state index in [4.69, 9.17) is 0 Å². The second kappa shape index (κ2) is 24.7. The Bertz CT molecular complexity index is 1460. The predicted octanol–water partition coefficient (Wildman–Crippen LogP) is 14.2. The minimum atomic E-state index is 0.925. The molecule has 0 aliphatic carbocycles. The number of allylic oxidation sites excluding steroid dienone is 2. The molecule has 1 aliphatic rings. The van der Waals surface area contributed by atoms with E-state index in [1.807, 2.05) is 0 Å². The van der Waals surface area contributed by atoms with Gasteiger partial charge in [0.2, 0.25) is 11.4 Å². The van der Waals surface area contributed by atoms with Crippen molar-refractivity contribution in [2.75, 3.05) is 0 Å². The smallest absolute Gasteiger partial charge is 0.211 e. The fourth-order valence-corrected chi connectivity index (χ4v) is 6.98. The van der Waals surface area contributed by atoms with Crippen LogP contribution in [0.1, 0.15) is 185 Å². The van der Waals surface area contributed by atoms with Crippen LogP contribution in [0.5, 0.6) is 0 Å². The quantitative estimate of drug-likeness (QED) is 0.0645. The first-order valence-electron chi connectivity index (χ1n) is 20.2. The van der Waals surface area contributed by atoms with Crippen LogP contribution in [0.15, 0.2) is 59.7 Å². The highest BCUT2D eigenvalue weighted by Gasteiger charge is 2.36. The first-order chi connectivity index (χ1) is 24.2. The van der Waals surface area contributed by atoms with Crippen LogP contribution in [0.3, 0.4) is 0 Å². The summed E-state index contributed by atoms with van der Waals surface area (Å²) in [4.78, 5) is 0. The molecule has 0 saturated heterocycles. The van der Waals surface area contributed by atoms with E-state index in [0.29, 0.717) is 0 Å². The fourth-order valence-electron chi connectivity index (χ4n) is 6.98. The van der Waals surface area contributed by atoms with Crippen LogP contribution in [0.2, 0.25) is 0 Å². The van der Waals surface area contributed by atoms with Crippen molar-refractivity contribution < 1.29 is 4.70 Å². The number of hydrogen-bond donors (Lipinski definition) is 0. The van der Waals surface area contributed by atoms with Crippen molar-refractivity contribution in [3.05, 3.63) is 87.5 Å². The normalized spacial score (nSPS) is 12.7. The van der Waals surface area contributed by atoms with Gasteiger partial charge in [0.15, 0.2) is 0 Å². The minimum Gasteiger partial charge on any atom is -0.493 e. The minimum absolute atomic E-state index is 0.925. The standard InChI is InChI=1S/C47H66N2/c1-5-9-13-16-18-20-22-25-32-40-34-28-30-36-42(40)46-44(38-24-12-8-4)45(39-27-15-11-7-3)47(49(46)48)43-37-31-29-35-41(43)33-26-23-21-19-17-14-10-6-2/h28-31,34-37H,5-17,22-27,32-33,38-39H2,1-4H3. The third-order valence-electron chi connectivity index (χ3n) is 9.77. The first-order valence-corrected chi connectivity index (χ1v) is 20.2. The molecular weight excluding hydrogens is 593 g/mol. The average Bonchev–Trinajstić information content (AvgIpc) is 3.39. The molecule has 264 valence electrons. The zero-order chi connectivity index (χ0) is 34.9. The van der Waals surface area contributed by atoms with Crippen molar-refractivity contribution >= 4 is 11.4 Å². The molecule has 2 heteroatoms. The maximum Gasteiger partial charge on any atom is 0.211 e. The molecule has 0 N–H and O–H groups in total. The molecule has 0 amide bonds. The number of nitrogens with zero attached hydrogens (tertiary/aromatic N) is 2. The lowest BCUT2D eigenvalue weighted by atomic mass is 9.89. The molecule has 2 aromatic carbocycles. The maximum atomic E-state index is 12.4. The predicted molar refractivity (Wildman–Crippen MR) is 213 cm³/mol. The van der Waals surface area contributed by atoms with Crippen LogP contribution in [-0.4, -0.2) is 4.70 Å². The Morgan fingerprint density at radius 3 is 1.24 bits per heavy atom. The van der Waals surface area contributed by atoms with Crippen molar-refractivity contribution in [2.45, 2.75) is 175 Å². The Labute approximate surface area is 301 Å². The summed E-state index contributed by atoms with van der Waals surface area (Å²) in [6, 6.07) is 17.6. The van der Waals surface area contributed by atoms with E-state index in [2.05, 4.69) is 99.9 Å². The molecule has 49 heavy (non-hydrogen) atoms.